The van der Waals surface area contributed by atoms with Crippen LogP contribution in [0.15, 0.2) is 30.7 Å². The van der Waals surface area contributed by atoms with Crippen LogP contribution in [0.3, 0.4) is 0 Å². The third-order valence-corrected chi connectivity index (χ3v) is 5.02. The van der Waals surface area contributed by atoms with Crippen molar-refractivity contribution < 1.29 is 4.74 Å². The zero-order valence-electron chi connectivity index (χ0n) is 16.5. The van der Waals surface area contributed by atoms with Gasteiger partial charge in [0, 0.05) is 31.0 Å². The van der Waals surface area contributed by atoms with E-state index in [0.717, 1.165) is 54.8 Å². The molecule has 0 bridgehead atoms. The Kier molecular flexibility index (Phi) is 5.18. The lowest BCUT2D eigenvalue weighted by Gasteiger charge is -2.32. The van der Waals surface area contributed by atoms with Crippen molar-refractivity contribution in [1.82, 2.24) is 29.7 Å². The fourth-order valence-corrected chi connectivity index (χ4v) is 3.54. The molecule has 4 heterocycles. The first-order valence-electron chi connectivity index (χ1n) is 9.61. The molecular weight excluding hydrogens is 354 g/mol. The Morgan fingerprint density at radius 2 is 1.86 bits per heavy atom. The summed E-state index contributed by atoms with van der Waals surface area (Å²) in [5.74, 6) is 3.64. The van der Waals surface area contributed by atoms with Crippen LogP contribution < -0.4 is 9.64 Å². The predicted molar refractivity (Wildman–Crippen MR) is 106 cm³/mol. The van der Waals surface area contributed by atoms with Gasteiger partial charge in [-0.3, -0.25) is 0 Å². The molecule has 8 heteroatoms. The van der Waals surface area contributed by atoms with Crippen molar-refractivity contribution >= 4 is 5.82 Å². The van der Waals surface area contributed by atoms with E-state index in [-0.39, 0.29) is 0 Å². The number of aromatic nitrogens is 6. The Morgan fingerprint density at radius 3 is 2.57 bits per heavy atom. The van der Waals surface area contributed by atoms with E-state index in [1.165, 1.54) is 6.33 Å². The Labute approximate surface area is 164 Å². The van der Waals surface area contributed by atoms with E-state index in [9.17, 15) is 0 Å². The number of hydrogen-bond acceptors (Lipinski definition) is 7. The van der Waals surface area contributed by atoms with Crippen molar-refractivity contribution in [3.8, 4) is 11.7 Å². The number of rotatable bonds is 5. The molecule has 1 aliphatic rings. The molecular formula is C20H25N7O. The average molecular weight is 379 g/mol. The molecule has 1 saturated heterocycles. The normalized spacial score (nSPS) is 15.0. The summed E-state index contributed by atoms with van der Waals surface area (Å²) >= 11 is 0. The summed E-state index contributed by atoms with van der Waals surface area (Å²) in [5.41, 5.74) is 2.00. The molecule has 0 N–H and O–H groups in total. The zero-order valence-corrected chi connectivity index (χ0v) is 16.5. The van der Waals surface area contributed by atoms with E-state index in [1.54, 1.807) is 0 Å². The van der Waals surface area contributed by atoms with Crippen LogP contribution in [-0.4, -0.2) is 49.4 Å². The molecule has 4 rings (SSSR count). The Balaban J connectivity index is 1.33. The van der Waals surface area contributed by atoms with E-state index >= 15 is 0 Å². The highest BCUT2D eigenvalue weighted by Gasteiger charge is 2.21. The average Bonchev–Trinajstić information content (AvgIpc) is 3.05. The molecule has 146 valence electrons. The van der Waals surface area contributed by atoms with Gasteiger partial charge >= 0.3 is 0 Å². The minimum atomic E-state index is 0.506. The van der Waals surface area contributed by atoms with Crippen LogP contribution in [0.1, 0.15) is 30.1 Å². The van der Waals surface area contributed by atoms with Crippen LogP contribution in [0.4, 0.5) is 5.82 Å². The summed E-state index contributed by atoms with van der Waals surface area (Å²) in [7, 11) is 0. The Hall–Kier alpha value is -3.03. The van der Waals surface area contributed by atoms with Gasteiger partial charge in [0.2, 0.25) is 5.88 Å². The number of anilines is 1. The van der Waals surface area contributed by atoms with Gasteiger partial charge < -0.3 is 9.64 Å². The highest BCUT2D eigenvalue weighted by Crippen LogP contribution is 2.23. The number of nitrogens with zero attached hydrogens (tertiary/aromatic N) is 7. The third kappa shape index (κ3) is 4.11. The van der Waals surface area contributed by atoms with Gasteiger partial charge in [-0.25, -0.2) is 24.6 Å². The standard InChI is InChI=1S/C20H25N7O/c1-14-10-15(2)27(25-14)19-11-20(23-13-22-19)28-12-17-5-8-26(9-6-17)18-4-7-21-16(3)24-18/h4,7,10-11,13,17H,5-6,8-9,12H2,1-3H3. The lowest BCUT2D eigenvalue weighted by molar-refractivity contribution is 0.215. The van der Waals surface area contributed by atoms with Gasteiger partial charge in [-0.15, -0.1) is 0 Å². The summed E-state index contributed by atoms with van der Waals surface area (Å²) in [6.07, 6.45) is 5.49. The molecule has 0 atom stereocenters. The molecule has 0 radical (unpaired) electrons. The second kappa shape index (κ2) is 7.92. The fraction of sp³-hybridized carbons (Fsp3) is 0.450. The van der Waals surface area contributed by atoms with Gasteiger partial charge in [0.1, 0.15) is 18.0 Å². The largest absolute Gasteiger partial charge is 0.477 e. The van der Waals surface area contributed by atoms with Crippen molar-refractivity contribution in [1.29, 1.82) is 0 Å². The van der Waals surface area contributed by atoms with Crippen molar-refractivity contribution in [3.63, 3.8) is 0 Å². The van der Waals surface area contributed by atoms with Crippen LogP contribution in [0.2, 0.25) is 0 Å². The monoisotopic (exact) mass is 379 g/mol. The van der Waals surface area contributed by atoms with E-state index in [4.69, 9.17) is 4.74 Å². The fourth-order valence-electron chi connectivity index (χ4n) is 3.54. The van der Waals surface area contributed by atoms with Crippen molar-refractivity contribution in [3.05, 3.63) is 47.9 Å². The zero-order chi connectivity index (χ0) is 19.5. The molecule has 3 aromatic rings. The van der Waals surface area contributed by atoms with Gasteiger partial charge in [-0.05, 0) is 51.7 Å². The molecule has 1 fully saturated rings. The van der Waals surface area contributed by atoms with Crippen LogP contribution in [0.25, 0.3) is 5.82 Å². The first kappa shape index (κ1) is 18.3. The van der Waals surface area contributed by atoms with Crippen LogP contribution in [0, 0.1) is 26.7 Å². The second-order valence-electron chi connectivity index (χ2n) is 7.26. The molecule has 1 aliphatic heterocycles. The quantitative estimate of drug-likeness (QED) is 0.674. The lowest BCUT2D eigenvalue weighted by atomic mass is 9.98. The smallest absolute Gasteiger partial charge is 0.218 e. The SMILES string of the molecule is Cc1cc(C)n(-c2cc(OCC3CCN(c4ccnc(C)n4)CC3)ncn2)n1. The highest BCUT2D eigenvalue weighted by molar-refractivity contribution is 5.37. The maximum Gasteiger partial charge on any atom is 0.218 e. The van der Waals surface area contributed by atoms with Crippen molar-refractivity contribution in [2.24, 2.45) is 5.92 Å². The Morgan fingerprint density at radius 1 is 1.04 bits per heavy atom. The van der Waals surface area contributed by atoms with E-state index in [0.29, 0.717) is 18.4 Å². The molecule has 0 aromatic carbocycles. The molecule has 8 nitrogen and oxygen atoms in total. The maximum atomic E-state index is 5.98. The van der Waals surface area contributed by atoms with Crippen molar-refractivity contribution in [2.75, 3.05) is 24.6 Å². The molecule has 0 saturated carbocycles. The Bertz CT molecular complexity index is 947. The van der Waals surface area contributed by atoms with Gasteiger partial charge in [-0.1, -0.05) is 0 Å². The second-order valence-corrected chi connectivity index (χ2v) is 7.26. The number of piperidine rings is 1. The summed E-state index contributed by atoms with van der Waals surface area (Å²) in [6, 6.07) is 5.85. The highest BCUT2D eigenvalue weighted by atomic mass is 16.5. The predicted octanol–water partition coefficient (Wildman–Crippen LogP) is 2.67. The number of ether oxygens (including phenoxy) is 1. The van der Waals surface area contributed by atoms with Crippen LogP contribution >= 0.6 is 0 Å². The summed E-state index contributed by atoms with van der Waals surface area (Å²) in [5, 5.41) is 4.47. The molecule has 0 amide bonds. The number of hydrogen-bond donors (Lipinski definition) is 0. The van der Waals surface area contributed by atoms with Crippen LogP contribution in [0.5, 0.6) is 5.88 Å². The van der Waals surface area contributed by atoms with E-state index < -0.39 is 0 Å². The van der Waals surface area contributed by atoms with Crippen molar-refractivity contribution in [2.45, 2.75) is 33.6 Å². The van der Waals surface area contributed by atoms with Gasteiger partial charge in [-0.2, -0.15) is 5.10 Å². The molecule has 0 unspecified atom stereocenters. The first-order chi connectivity index (χ1) is 13.6. The lowest BCUT2D eigenvalue weighted by Crippen LogP contribution is -2.36. The summed E-state index contributed by atoms with van der Waals surface area (Å²) in [6.45, 7) is 8.51. The molecule has 3 aromatic heterocycles. The first-order valence-corrected chi connectivity index (χ1v) is 9.61. The van der Waals surface area contributed by atoms with E-state index in [1.807, 2.05) is 49.8 Å². The minimum absolute atomic E-state index is 0.506. The maximum absolute atomic E-state index is 5.98. The topological polar surface area (TPSA) is 81.9 Å². The van der Waals surface area contributed by atoms with E-state index in [2.05, 4.69) is 29.9 Å². The third-order valence-electron chi connectivity index (χ3n) is 5.02. The molecule has 28 heavy (non-hydrogen) atoms. The summed E-state index contributed by atoms with van der Waals surface area (Å²) < 4.78 is 7.79. The molecule has 0 aliphatic carbocycles. The number of aryl methyl sites for hydroxylation is 3. The van der Waals surface area contributed by atoms with Gasteiger partial charge in [0.25, 0.3) is 0 Å². The molecule has 0 spiro atoms. The summed E-state index contributed by atoms with van der Waals surface area (Å²) in [4.78, 5) is 19.6. The minimum Gasteiger partial charge on any atom is -0.477 e. The van der Waals surface area contributed by atoms with Crippen LogP contribution in [-0.2, 0) is 0 Å². The van der Waals surface area contributed by atoms with Gasteiger partial charge in [0.15, 0.2) is 5.82 Å². The van der Waals surface area contributed by atoms with Gasteiger partial charge in [0.05, 0.1) is 12.3 Å².